The molecule has 1 amide bonds. The molecule has 0 bridgehead atoms. The fourth-order valence-electron chi connectivity index (χ4n) is 3.46. The number of rotatable bonds is 5. The van der Waals surface area contributed by atoms with Crippen LogP contribution in [0.4, 0.5) is 20.8 Å². The van der Waals surface area contributed by atoms with Crippen LogP contribution in [0.3, 0.4) is 0 Å². The van der Waals surface area contributed by atoms with Gasteiger partial charge in [0.25, 0.3) is 0 Å². The second-order valence-corrected chi connectivity index (χ2v) is 6.71. The summed E-state index contributed by atoms with van der Waals surface area (Å²) in [6, 6.07) is 1.32. The Morgan fingerprint density at radius 1 is 1.07 bits per heavy atom. The highest BCUT2D eigenvalue weighted by Crippen LogP contribution is 2.24. The van der Waals surface area contributed by atoms with Gasteiger partial charge in [-0.05, 0) is 12.8 Å². The summed E-state index contributed by atoms with van der Waals surface area (Å²) in [5.41, 5.74) is 0.524. The number of hydrogen-bond acceptors (Lipinski definition) is 7. The third-order valence-electron chi connectivity index (χ3n) is 4.90. The molecule has 144 valence electrons. The second-order valence-electron chi connectivity index (χ2n) is 6.71. The lowest BCUT2D eigenvalue weighted by Gasteiger charge is -2.15. The molecule has 2 aliphatic rings. The Balaban J connectivity index is 1.35. The number of fused-ring (bicyclic) bond motifs is 1. The van der Waals surface area contributed by atoms with Crippen LogP contribution in [0.1, 0.15) is 18.7 Å². The van der Waals surface area contributed by atoms with E-state index in [0.29, 0.717) is 23.2 Å². The van der Waals surface area contributed by atoms with Gasteiger partial charge >= 0.3 is 6.03 Å². The Morgan fingerprint density at radius 2 is 1.93 bits per heavy atom. The van der Waals surface area contributed by atoms with Crippen LogP contribution in [0.2, 0.25) is 0 Å². The van der Waals surface area contributed by atoms with Crippen molar-refractivity contribution in [2.24, 2.45) is 0 Å². The number of alkyl halides is 1. The van der Waals surface area contributed by atoms with Gasteiger partial charge in [-0.2, -0.15) is 9.78 Å². The first-order valence-corrected chi connectivity index (χ1v) is 9.17. The van der Waals surface area contributed by atoms with E-state index in [4.69, 9.17) is 0 Å². The summed E-state index contributed by atoms with van der Waals surface area (Å²) in [7, 11) is 0. The number of carbonyl (C=O) groups is 1. The number of halogens is 1. The fraction of sp³-hybridized carbons (Fsp3) is 0.412. The molecular weight excluding hydrogens is 365 g/mol. The van der Waals surface area contributed by atoms with Crippen molar-refractivity contribution in [3.63, 3.8) is 0 Å². The van der Waals surface area contributed by atoms with E-state index in [1.54, 1.807) is 24.7 Å². The normalized spacial score (nSPS) is 16.2. The van der Waals surface area contributed by atoms with Crippen molar-refractivity contribution in [2.45, 2.75) is 25.9 Å². The summed E-state index contributed by atoms with van der Waals surface area (Å²) in [6.45, 7) is 1.88. The molecule has 11 heteroatoms. The molecular formula is C17H18FN9O. The topological polar surface area (TPSA) is 97.9 Å². The molecule has 0 N–H and O–H groups in total. The summed E-state index contributed by atoms with van der Waals surface area (Å²) in [4.78, 5) is 29.6. The van der Waals surface area contributed by atoms with Crippen LogP contribution in [0.15, 0.2) is 24.7 Å². The third kappa shape index (κ3) is 2.79. The van der Waals surface area contributed by atoms with Gasteiger partial charge in [-0.25, -0.2) is 24.1 Å². The third-order valence-corrected chi connectivity index (χ3v) is 4.90. The van der Waals surface area contributed by atoms with E-state index in [-0.39, 0.29) is 19.1 Å². The van der Waals surface area contributed by atoms with Gasteiger partial charge in [-0.1, -0.05) is 0 Å². The zero-order chi connectivity index (χ0) is 19.1. The number of anilines is 2. The van der Waals surface area contributed by atoms with Crippen LogP contribution in [0.25, 0.3) is 11.5 Å². The zero-order valence-corrected chi connectivity index (χ0v) is 15.1. The van der Waals surface area contributed by atoms with Crippen LogP contribution >= 0.6 is 0 Å². The molecule has 5 heterocycles. The largest absolute Gasteiger partial charge is 0.355 e. The molecule has 0 aliphatic carbocycles. The minimum atomic E-state index is -0.515. The molecule has 3 aromatic heterocycles. The summed E-state index contributed by atoms with van der Waals surface area (Å²) in [5, 5.41) is 8.50. The van der Waals surface area contributed by atoms with Gasteiger partial charge in [-0.15, -0.1) is 5.10 Å². The van der Waals surface area contributed by atoms with E-state index < -0.39 is 6.67 Å². The van der Waals surface area contributed by atoms with Crippen LogP contribution < -0.4 is 9.80 Å². The number of hydrogen-bond donors (Lipinski definition) is 0. The molecule has 1 fully saturated rings. The molecule has 28 heavy (non-hydrogen) atoms. The Bertz CT molecular complexity index is 1010. The monoisotopic (exact) mass is 383 g/mol. The maximum absolute atomic E-state index is 12.7. The fourth-order valence-corrected chi connectivity index (χ4v) is 3.46. The van der Waals surface area contributed by atoms with Crippen LogP contribution in [-0.4, -0.2) is 60.3 Å². The zero-order valence-electron chi connectivity index (χ0n) is 15.1. The van der Waals surface area contributed by atoms with Crippen molar-refractivity contribution >= 4 is 17.7 Å². The minimum Gasteiger partial charge on any atom is -0.355 e. The predicted molar refractivity (Wildman–Crippen MR) is 97.7 cm³/mol. The Kier molecular flexibility index (Phi) is 3.99. The Hall–Kier alpha value is -3.37. The van der Waals surface area contributed by atoms with Gasteiger partial charge in [0, 0.05) is 25.4 Å². The van der Waals surface area contributed by atoms with Crippen LogP contribution in [0, 0.1) is 0 Å². The molecule has 5 rings (SSSR count). The molecule has 0 radical (unpaired) electrons. The van der Waals surface area contributed by atoms with Crippen molar-refractivity contribution in [3.8, 4) is 11.5 Å². The summed E-state index contributed by atoms with van der Waals surface area (Å²) >= 11 is 0. The summed E-state index contributed by atoms with van der Waals surface area (Å²) < 4.78 is 15.2. The van der Waals surface area contributed by atoms with Gasteiger partial charge in [0.05, 0.1) is 25.5 Å². The van der Waals surface area contributed by atoms with E-state index in [1.165, 1.54) is 27.1 Å². The number of carbonyl (C=O) groups excluding carboxylic acids is 1. The highest BCUT2D eigenvalue weighted by Gasteiger charge is 2.33. The van der Waals surface area contributed by atoms with Gasteiger partial charge < -0.3 is 4.90 Å². The molecule has 0 atom stereocenters. The lowest BCUT2D eigenvalue weighted by atomic mass is 10.4. The lowest BCUT2D eigenvalue weighted by molar-refractivity contribution is 0.248. The number of aryl methyl sites for hydroxylation is 1. The van der Waals surface area contributed by atoms with E-state index in [2.05, 4.69) is 30.0 Å². The molecule has 0 spiro atoms. The second kappa shape index (κ2) is 6.66. The van der Waals surface area contributed by atoms with Crippen molar-refractivity contribution in [1.29, 1.82) is 0 Å². The van der Waals surface area contributed by atoms with Crippen molar-refractivity contribution in [3.05, 3.63) is 30.5 Å². The maximum Gasteiger partial charge on any atom is 0.352 e. The Labute approximate surface area is 159 Å². The molecule has 3 aromatic rings. The van der Waals surface area contributed by atoms with E-state index >= 15 is 0 Å². The maximum atomic E-state index is 12.7. The standard InChI is InChI=1S/C17H18FN9O/c18-4-8-25-7-3-13(22-25)26-11-15-21-16(23-27(15)17(26)28)12-9-20-14(10-19-12)24-5-1-2-6-24/h3,7,9-10H,1-2,4-6,8,11H2. The predicted octanol–water partition coefficient (Wildman–Crippen LogP) is 1.49. The van der Waals surface area contributed by atoms with E-state index in [9.17, 15) is 9.18 Å². The first-order valence-electron chi connectivity index (χ1n) is 9.17. The molecule has 10 nitrogen and oxygen atoms in total. The van der Waals surface area contributed by atoms with Gasteiger partial charge in [0.1, 0.15) is 18.2 Å². The van der Waals surface area contributed by atoms with Crippen molar-refractivity contribution in [2.75, 3.05) is 29.6 Å². The highest BCUT2D eigenvalue weighted by atomic mass is 19.1. The number of nitrogens with zero attached hydrogens (tertiary/aromatic N) is 9. The van der Waals surface area contributed by atoms with Crippen LogP contribution in [-0.2, 0) is 13.1 Å². The lowest BCUT2D eigenvalue weighted by Crippen LogP contribution is -2.27. The molecule has 0 unspecified atom stereocenters. The number of aromatic nitrogens is 7. The molecule has 0 saturated carbocycles. The van der Waals surface area contributed by atoms with Crippen LogP contribution in [0.5, 0.6) is 0 Å². The minimum absolute atomic E-state index is 0.154. The average molecular weight is 383 g/mol. The van der Waals surface area contributed by atoms with Crippen molar-refractivity contribution in [1.82, 2.24) is 34.5 Å². The Morgan fingerprint density at radius 3 is 2.64 bits per heavy atom. The summed E-state index contributed by atoms with van der Waals surface area (Å²) in [6.07, 6.45) is 7.34. The van der Waals surface area contributed by atoms with Gasteiger partial charge in [0.2, 0.25) is 5.82 Å². The SMILES string of the molecule is O=C1N(c2ccn(CCF)n2)Cc2nc(-c3cnc(N4CCCC4)cn3)nn21. The molecule has 1 saturated heterocycles. The first-order chi connectivity index (χ1) is 13.7. The van der Waals surface area contributed by atoms with Gasteiger partial charge in [0.15, 0.2) is 11.6 Å². The highest BCUT2D eigenvalue weighted by molar-refractivity contribution is 5.94. The smallest absolute Gasteiger partial charge is 0.352 e. The van der Waals surface area contributed by atoms with E-state index in [0.717, 1.165) is 18.9 Å². The van der Waals surface area contributed by atoms with Crippen molar-refractivity contribution < 1.29 is 9.18 Å². The van der Waals surface area contributed by atoms with Gasteiger partial charge in [-0.3, -0.25) is 9.58 Å². The molecule has 0 aromatic carbocycles. The van der Waals surface area contributed by atoms with E-state index in [1.807, 2.05) is 0 Å². The average Bonchev–Trinajstić information content (AvgIpc) is 3.48. The quantitative estimate of drug-likeness (QED) is 0.658. The summed E-state index contributed by atoms with van der Waals surface area (Å²) in [5.74, 6) is 2.16. The molecule has 2 aliphatic heterocycles. The first kappa shape index (κ1) is 16.8. The number of amides is 1.